The highest BCUT2D eigenvalue weighted by Crippen LogP contribution is 2.25. The Kier molecular flexibility index (Phi) is 4.34. The SMILES string of the molecule is N#Cc1cc(COc2cccc(Cl)c2C=O)ccc1F. The van der Waals surface area contributed by atoms with Gasteiger partial charge in [0.1, 0.15) is 24.2 Å². The second-order valence-corrected chi connectivity index (χ2v) is 4.39. The molecule has 0 fully saturated rings. The molecule has 0 N–H and O–H groups in total. The lowest BCUT2D eigenvalue weighted by atomic mass is 10.1. The van der Waals surface area contributed by atoms with E-state index in [1.165, 1.54) is 18.2 Å². The molecule has 0 saturated heterocycles. The number of nitrogens with zero attached hydrogens (tertiary/aromatic N) is 1. The lowest BCUT2D eigenvalue weighted by molar-refractivity contribution is 0.111. The van der Waals surface area contributed by atoms with Crippen LogP contribution in [0.3, 0.4) is 0 Å². The first-order valence-corrected chi connectivity index (χ1v) is 6.08. The van der Waals surface area contributed by atoms with Crippen LogP contribution in [0.25, 0.3) is 0 Å². The molecule has 0 bridgehead atoms. The minimum atomic E-state index is -0.576. The van der Waals surface area contributed by atoms with Gasteiger partial charge in [0.25, 0.3) is 0 Å². The maximum Gasteiger partial charge on any atom is 0.155 e. The number of hydrogen-bond donors (Lipinski definition) is 0. The Morgan fingerprint density at radius 1 is 1.35 bits per heavy atom. The molecule has 0 amide bonds. The van der Waals surface area contributed by atoms with Gasteiger partial charge in [0, 0.05) is 0 Å². The number of benzene rings is 2. The highest BCUT2D eigenvalue weighted by molar-refractivity contribution is 6.33. The Hall–Kier alpha value is -2.38. The number of carbonyl (C=O) groups is 1. The highest BCUT2D eigenvalue weighted by Gasteiger charge is 2.08. The van der Waals surface area contributed by atoms with Crippen LogP contribution in [0.4, 0.5) is 4.39 Å². The summed E-state index contributed by atoms with van der Waals surface area (Å²) < 4.78 is 18.7. The molecule has 0 aromatic heterocycles. The fraction of sp³-hybridized carbons (Fsp3) is 0.0667. The Balaban J connectivity index is 2.19. The van der Waals surface area contributed by atoms with Crippen molar-refractivity contribution in [3.8, 4) is 11.8 Å². The number of aldehydes is 1. The summed E-state index contributed by atoms with van der Waals surface area (Å²) in [6.07, 6.45) is 0.614. The number of ether oxygens (including phenoxy) is 1. The van der Waals surface area contributed by atoms with Gasteiger partial charge < -0.3 is 4.74 Å². The van der Waals surface area contributed by atoms with Crippen molar-refractivity contribution >= 4 is 17.9 Å². The summed E-state index contributed by atoms with van der Waals surface area (Å²) in [6, 6.07) is 10.7. The fourth-order valence-electron chi connectivity index (χ4n) is 1.67. The number of nitriles is 1. The van der Waals surface area contributed by atoms with Crippen LogP contribution < -0.4 is 4.74 Å². The van der Waals surface area contributed by atoms with E-state index < -0.39 is 5.82 Å². The molecule has 3 nitrogen and oxygen atoms in total. The van der Waals surface area contributed by atoms with E-state index in [0.717, 1.165) is 0 Å². The average molecular weight is 290 g/mol. The van der Waals surface area contributed by atoms with Gasteiger partial charge >= 0.3 is 0 Å². The predicted octanol–water partition coefficient (Wildman–Crippen LogP) is 3.74. The average Bonchev–Trinajstić information content (AvgIpc) is 2.46. The van der Waals surface area contributed by atoms with Gasteiger partial charge in [-0.3, -0.25) is 4.79 Å². The van der Waals surface area contributed by atoms with Crippen molar-refractivity contribution in [2.75, 3.05) is 0 Å². The second kappa shape index (κ2) is 6.18. The van der Waals surface area contributed by atoms with Crippen molar-refractivity contribution < 1.29 is 13.9 Å². The molecule has 0 saturated carbocycles. The van der Waals surface area contributed by atoms with E-state index in [1.807, 2.05) is 0 Å². The van der Waals surface area contributed by atoms with Crippen LogP contribution in [-0.4, -0.2) is 6.29 Å². The largest absolute Gasteiger partial charge is 0.488 e. The first-order valence-electron chi connectivity index (χ1n) is 5.70. The number of carbonyl (C=O) groups excluding carboxylic acids is 1. The van der Waals surface area contributed by atoms with Crippen LogP contribution in [0.15, 0.2) is 36.4 Å². The van der Waals surface area contributed by atoms with Gasteiger partial charge in [-0.05, 0) is 29.8 Å². The Morgan fingerprint density at radius 2 is 2.15 bits per heavy atom. The van der Waals surface area contributed by atoms with Gasteiger partial charge in [-0.25, -0.2) is 4.39 Å². The predicted molar refractivity (Wildman–Crippen MR) is 72.3 cm³/mol. The molecule has 0 radical (unpaired) electrons. The molecule has 20 heavy (non-hydrogen) atoms. The van der Waals surface area contributed by atoms with Crippen molar-refractivity contribution in [1.29, 1.82) is 5.26 Å². The van der Waals surface area contributed by atoms with Gasteiger partial charge in [0.05, 0.1) is 16.1 Å². The van der Waals surface area contributed by atoms with E-state index in [0.29, 0.717) is 22.6 Å². The standard InChI is InChI=1S/C15H9ClFNO2/c16-13-2-1-3-15(12(13)8-19)20-9-10-4-5-14(17)11(6-10)7-18/h1-6,8H,9H2. The summed E-state index contributed by atoms with van der Waals surface area (Å²) >= 11 is 5.88. The lowest BCUT2D eigenvalue weighted by Gasteiger charge is -2.09. The summed E-state index contributed by atoms with van der Waals surface area (Å²) in [6.45, 7) is 0.107. The molecule has 2 aromatic carbocycles. The van der Waals surface area contributed by atoms with Gasteiger partial charge in [0.2, 0.25) is 0 Å². The molecule has 0 aliphatic heterocycles. The monoisotopic (exact) mass is 289 g/mol. The minimum absolute atomic E-state index is 0.0483. The van der Waals surface area contributed by atoms with Crippen LogP contribution in [0, 0.1) is 17.1 Å². The zero-order valence-electron chi connectivity index (χ0n) is 10.3. The molecule has 2 rings (SSSR count). The van der Waals surface area contributed by atoms with Crippen LogP contribution in [0.2, 0.25) is 5.02 Å². The molecule has 100 valence electrons. The van der Waals surface area contributed by atoms with Crippen LogP contribution in [0.5, 0.6) is 5.75 Å². The molecule has 0 aliphatic rings. The zero-order valence-corrected chi connectivity index (χ0v) is 11.0. The molecule has 5 heteroatoms. The number of halogens is 2. The van der Waals surface area contributed by atoms with Crippen LogP contribution in [-0.2, 0) is 6.61 Å². The molecule has 0 unspecified atom stereocenters. The third kappa shape index (κ3) is 2.95. The highest BCUT2D eigenvalue weighted by atomic mass is 35.5. The molecule has 0 spiro atoms. The van der Waals surface area contributed by atoms with Crippen molar-refractivity contribution in [3.63, 3.8) is 0 Å². The van der Waals surface area contributed by atoms with E-state index in [2.05, 4.69) is 0 Å². The normalized spacial score (nSPS) is 9.85. The van der Waals surface area contributed by atoms with E-state index in [4.69, 9.17) is 21.6 Å². The van der Waals surface area contributed by atoms with E-state index in [1.54, 1.807) is 24.3 Å². The lowest BCUT2D eigenvalue weighted by Crippen LogP contribution is -1.99. The topological polar surface area (TPSA) is 50.1 Å². The van der Waals surface area contributed by atoms with Crippen LogP contribution >= 0.6 is 11.6 Å². The summed E-state index contributed by atoms with van der Waals surface area (Å²) in [5.41, 5.74) is 0.837. The molecule has 2 aromatic rings. The third-order valence-electron chi connectivity index (χ3n) is 2.68. The first kappa shape index (κ1) is 14.0. The Bertz CT molecular complexity index is 695. The molecular weight excluding hydrogens is 281 g/mol. The summed E-state index contributed by atoms with van der Waals surface area (Å²) in [5, 5.41) is 9.05. The van der Waals surface area contributed by atoms with Gasteiger partial charge in [-0.1, -0.05) is 23.7 Å². The maximum absolute atomic E-state index is 13.2. The molecule has 0 heterocycles. The summed E-state index contributed by atoms with van der Waals surface area (Å²) in [4.78, 5) is 10.9. The Labute approximate surface area is 120 Å². The van der Waals surface area contributed by atoms with Crippen molar-refractivity contribution in [1.82, 2.24) is 0 Å². The van der Waals surface area contributed by atoms with Gasteiger partial charge in [-0.2, -0.15) is 5.26 Å². The maximum atomic E-state index is 13.2. The van der Waals surface area contributed by atoms with E-state index in [9.17, 15) is 9.18 Å². The summed E-state index contributed by atoms with van der Waals surface area (Å²) in [5.74, 6) is -0.233. The Morgan fingerprint density at radius 3 is 2.85 bits per heavy atom. The van der Waals surface area contributed by atoms with Crippen molar-refractivity contribution in [2.45, 2.75) is 6.61 Å². The smallest absolute Gasteiger partial charge is 0.155 e. The van der Waals surface area contributed by atoms with Gasteiger partial charge in [0.15, 0.2) is 6.29 Å². The molecule has 0 aliphatic carbocycles. The first-order chi connectivity index (χ1) is 9.65. The van der Waals surface area contributed by atoms with Crippen molar-refractivity contribution in [2.24, 2.45) is 0 Å². The fourth-order valence-corrected chi connectivity index (χ4v) is 1.88. The quantitative estimate of drug-likeness (QED) is 0.806. The second-order valence-electron chi connectivity index (χ2n) is 3.98. The molecular formula is C15H9ClFNO2. The van der Waals surface area contributed by atoms with Crippen molar-refractivity contribution in [3.05, 3.63) is 63.9 Å². The van der Waals surface area contributed by atoms with E-state index >= 15 is 0 Å². The van der Waals surface area contributed by atoms with Crippen LogP contribution in [0.1, 0.15) is 21.5 Å². The zero-order chi connectivity index (χ0) is 14.5. The third-order valence-corrected chi connectivity index (χ3v) is 3.01. The summed E-state index contributed by atoms with van der Waals surface area (Å²) in [7, 11) is 0. The number of rotatable bonds is 4. The van der Waals surface area contributed by atoms with E-state index in [-0.39, 0.29) is 17.7 Å². The van der Waals surface area contributed by atoms with Gasteiger partial charge in [-0.15, -0.1) is 0 Å². The molecule has 0 atom stereocenters. The minimum Gasteiger partial charge on any atom is -0.488 e. The number of hydrogen-bond acceptors (Lipinski definition) is 3.